The molecule has 1 heterocycles. The highest BCUT2D eigenvalue weighted by molar-refractivity contribution is 7.99. The quantitative estimate of drug-likeness (QED) is 0.0476. The van der Waals surface area contributed by atoms with Gasteiger partial charge in [-0.2, -0.15) is 12.6 Å². The molecule has 5 N–H and O–H groups in total. The number of carbonyl (C=O) groups is 7. The van der Waals surface area contributed by atoms with Gasteiger partial charge in [0, 0.05) is 25.8 Å². The van der Waals surface area contributed by atoms with Crippen molar-refractivity contribution in [1.29, 1.82) is 0 Å². The number of carbonyl (C=O) groups excluding carboxylic acids is 6. The molecule has 1 aliphatic rings. The molecule has 1 fully saturated rings. The topological polar surface area (TPSA) is 191 Å². The summed E-state index contributed by atoms with van der Waals surface area (Å²) in [6, 6.07) is 0. The molecule has 0 aromatic carbocycles. The number of hydrogen-bond acceptors (Lipinski definition) is 9. The van der Waals surface area contributed by atoms with Gasteiger partial charge in [-0.15, -0.1) is 11.8 Å². The zero-order valence-corrected chi connectivity index (χ0v) is 23.0. The number of imide groups is 1. The van der Waals surface area contributed by atoms with E-state index in [1.165, 1.54) is 16.7 Å². The van der Waals surface area contributed by atoms with Gasteiger partial charge in [0.1, 0.15) is 0 Å². The zero-order valence-electron chi connectivity index (χ0n) is 21.3. The lowest BCUT2D eigenvalue weighted by Gasteiger charge is -2.13. The summed E-state index contributed by atoms with van der Waals surface area (Å²) in [6.07, 6.45) is 4.49. The maximum absolute atomic E-state index is 11.9. The van der Waals surface area contributed by atoms with Gasteiger partial charge in [-0.25, -0.2) is 0 Å². The number of thiol groups is 1. The average molecular weight is 576 g/mol. The Morgan fingerprint density at radius 1 is 0.789 bits per heavy atom. The third-order valence-corrected chi connectivity index (χ3v) is 6.72. The molecule has 1 aliphatic heterocycles. The summed E-state index contributed by atoms with van der Waals surface area (Å²) >= 11 is 5.56. The first kappa shape index (κ1) is 33.2. The second-order valence-electron chi connectivity index (χ2n) is 8.60. The van der Waals surface area contributed by atoms with E-state index in [4.69, 9.17) is 5.11 Å². The molecule has 1 unspecified atom stereocenters. The fourth-order valence-corrected chi connectivity index (χ4v) is 4.42. The molecule has 1 saturated heterocycles. The van der Waals surface area contributed by atoms with E-state index in [0.717, 1.165) is 18.6 Å². The van der Waals surface area contributed by atoms with E-state index in [-0.39, 0.29) is 62.5 Å². The normalized spacial score (nSPS) is 14.8. The number of thioether (sulfide) groups is 1. The van der Waals surface area contributed by atoms with Gasteiger partial charge in [0.05, 0.1) is 30.8 Å². The Balaban J connectivity index is 1.99. The van der Waals surface area contributed by atoms with Crippen LogP contribution in [0, 0.1) is 0 Å². The number of nitrogens with one attached hydrogen (secondary N) is 4. The van der Waals surface area contributed by atoms with Crippen molar-refractivity contribution in [2.45, 2.75) is 63.0 Å². The van der Waals surface area contributed by atoms with Gasteiger partial charge >= 0.3 is 5.97 Å². The van der Waals surface area contributed by atoms with Crippen LogP contribution in [0.4, 0.5) is 0 Å². The molecular formula is C23H37N5O8S2. The van der Waals surface area contributed by atoms with Crippen LogP contribution in [0.15, 0.2) is 0 Å². The zero-order chi connectivity index (χ0) is 28.3. The maximum atomic E-state index is 11.9. The predicted octanol–water partition coefficient (Wildman–Crippen LogP) is -0.595. The van der Waals surface area contributed by atoms with Crippen LogP contribution in [-0.4, -0.2) is 94.5 Å². The highest BCUT2D eigenvalue weighted by Crippen LogP contribution is 2.18. The van der Waals surface area contributed by atoms with Crippen LogP contribution >= 0.6 is 24.4 Å². The van der Waals surface area contributed by atoms with E-state index >= 15 is 0 Å². The standard InChI is InChI=1S/C23H37N5O8S2/c29-17(7-3-1-5-9-28-21(33)11-16(37)23(28)36)24-12-18(30)25-13-19(31)26-14-20(32)27-15-38-10-6-2-4-8-22(34)35/h16,37H,1-15H2,(H,24,29)(H,25,30)(H,26,31)(H,27,32)(H,34,35). The third kappa shape index (κ3) is 15.4. The van der Waals surface area contributed by atoms with Crippen molar-refractivity contribution >= 4 is 65.8 Å². The van der Waals surface area contributed by atoms with E-state index in [1.54, 1.807) is 0 Å². The van der Waals surface area contributed by atoms with E-state index in [0.29, 0.717) is 38.1 Å². The van der Waals surface area contributed by atoms with Gasteiger partial charge in [0.2, 0.25) is 35.4 Å². The molecule has 0 spiro atoms. The first-order valence-electron chi connectivity index (χ1n) is 12.5. The lowest BCUT2D eigenvalue weighted by atomic mass is 10.2. The number of carboxylic acid groups (broad SMARTS) is 1. The van der Waals surface area contributed by atoms with Crippen molar-refractivity contribution < 1.29 is 38.7 Å². The minimum Gasteiger partial charge on any atom is -0.481 e. The molecule has 38 heavy (non-hydrogen) atoms. The van der Waals surface area contributed by atoms with Crippen LogP contribution < -0.4 is 21.3 Å². The summed E-state index contributed by atoms with van der Waals surface area (Å²) < 4.78 is 0. The molecule has 214 valence electrons. The smallest absolute Gasteiger partial charge is 0.303 e. The molecule has 0 bridgehead atoms. The van der Waals surface area contributed by atoms with Crippen molar-refractivity contribution in [1.82, 2.24) is 26.2 Å². The predicted molar refractivity (Wildman–Crippen MR) is 143 cm³/mol. The summed E-state index contributed by atoms with van der Waals surface area (Å²) in [6.45, 7) is -0.562. The Morgan fingerprint density at radius 3 is 1.92 bits per heavy atom. The number of amides is 6. The Bertz CT molecular complexity index is 858. The summed E-state index contributed by atoms with van der Waals surface area (Å²) in [7, 11) is 0. The second-order valence-corrected chi connectivity index (χ2v) is 10.3. The van der Waals surface area contributed by atoms with Crippen LogP contribution in [0.25, 0.3) is 0 Å². The maximum Gasteiger partial charge on any atom is 0.303 e. The number of nitrogens with zero attached hydrogens (tertiary/aromatic N) is 1. The Labute approximate surface area is 231 Å². The number of hydrogen-bond donors (Lipinski definition) is 6. The molecule has 0 aromatic heterocycles. The van der Waals surface area contributed by atoms with E-state index < -0.39 is 23.0 Å². The van der Waals surface area contributed by atoms with Crippen molar-refractivity contribution in [2.75, 3.05) is 37.8 Å². The Kier molecular flexibility index (Phi) is 16.9. The monoisotopic (exact) mass is 575 g/mol. The first-order valence-corrected chi connectivity index (χ1v) is 14.2. The minimum absolute atomic E-state index is 0.115. The van der Waals surface area contributed by atoms with Crippen LogP contribution in [0.2, 0.25) is 0 Å². The Hall–Kier alpha value is -2.81. The average Bonchev–Trinajstić information content (AvgIpc) is 3.11. The molecule has 0 aromatic rings. The SMILES string of the molecule is O=C(O)CCCCCSCNC(=O)CNC(=O)CNC(=O)CNC(=O)CCCCCN1C(=O)CC(S)C1=O. The van der Waals surface area contributed by atoms with Crippen LogP contribution in [-0.2, 0) is 33.6 Å². The third-order valence-electron chi connectivity index (χ3n) is 5.39. The number of unbranched alkanes of at least 4 members (excludes halogenated alkanes) is 4. The lowest BCUT2D eigenvalue weighted by molar-refractivity contribution is -0.139. The first-order chi connectivity index (χ1) is 18.1. The Morgan fingerprint density at radius 2 is 1.34 bits per heavy atom. The molecule has 15 heteroatoms. The molecular weight excluding hydrogens is 538 g/mol. The van der Waals surface area contributed by atoms with E-state index in [1.807, 2.05) is 0 Å². The van der Waals surface area contributed by atoms with Crippen LogP contribution in [0.1, 0.15) is 57.8 Å². The largest absolute Gasteiger partial charge is 0.481 e. The summed E-state index contributed by atoms with van der Waals surface area (Å²) in [5.41, 5.74) is 0. The molecule has 1 rings (SSSR count). The minimum atomic E-state index is -0.806. The molecule has 6 amide bonds. The summed E-state index contributed by atoms with van der Waals surface area (Å²) in [5, 5.41) is 17.8. The van der Waals surface area contributed by atoms with E-state index in [2.05, 4.69) is 33.9 Å². The number of carboxylic acids is 1. The van der Waals surface area contributed by atoms with Gasteiger partial charge < -0.3 is 26.4 Å². The fraction of sp³-hybridized carbons (Fsp3) is 0.696. The number of likely N-dealkylation sites (tertiary alicyclic amines) is 1. The summed E-state index contributed by atoms with van der Waals surface area (Å²) in [4.78, 5) is 82.2. The van der Waals surface area contributed by atoms with Crippen LogP contribution in [0.5, 0.6) is 0 Å². The van der Waals surface area contributed by atoms with Crippen molar-refractivity contribution in [3.63, 3.8) is 0 Å². The van der Waals surface area contributed by atoms with Gasteiger partial charge in [0.15, 0.2) is 0 Å². The van der Waals surface area contributed by atoms with Gasteiger partial charge in [-0.3, -0.25) is 38.5 Å². The fourth-order valence-electron chi connectivity index (χ4n) is 3.31. The molecule has 1 atom stereocenters. The van der Waals surface area contributed by atoms with Crippen molar-refractivity contribution in [3.8, 4) is 0 Å². The van der Waals surface area contributed by atoms with Gasteiger partial charge in [-0.1, -0.05) is 12.8 Å². The number of rotatable bonds is 20. The highest BCUT2D eigenvalue weighted by atomic mass is 32.2. The molecule has 0 saturated carbocycles. The lowest BCUT2D eigenvalue weighted by Crippen LogP contribution is -2.44. The van der Waals surface area contributed by atoms with Crippen LogP contribution in [0.3, 0.4) is 0 Å². The highest BCUT2D eigenvalue weighted by Gasteiger charge is 2.35. The van der Waals surface area contributed by atoms with Crippen molar-refractivity contribution in [2.24, 2.45) is 0 Å². The molecule has 0 aliphatic carbocycles. The molecule has 13 nitrogen and oxygen atoms in total. The molecule has 0 radical (unpaired) electrons. The number of aliphatic carboxylic acids is 1. The van der Waals surface area contributed by atoms with E-state index in [9.17, 15) is 33.6 Å². The van der Waals surface area contributed by atoms with Gasteiger partial charge in [-0.05, 0) is 31.4 Å². The van der Waals surface area contributed by atoms with Crippen molar-refractivity contribution in [3.05, 3.63) is 0 Å². The van der Waals surface area contributed by atoms with Gasteiger partial charge in [0.25, 0.3) is 0 Å². The summed E-state index contributed by atoms with van der Waals surface area (Å²) in [5.74, 6) is -1.97. The second kappa shape index (κ2) is 19.3.